The molecule has 90 valence electrons. The van der Waals surface area contributed by atoms with Crippen LogP contribution in [0.3, 0.4) is 0 Å². The predicted molar refractivity (Wildman–Crippen MR) is 67.2 cm³/mol. The molecule has 0 aliphatic carbocycles. The summed E-state index contributed by atoms with van der Waals surface area (Å²) in [5, 5.41) is 0. The van der Waals surface area contributed by atoms with Crippen LogP contribution in [0.4, 0.5) is 0 Å². The molecule has 0 saturated carbocycles. The fourth-order valence-corrected chi connectivity index (χ4v) is 1.32. The smallest absolute Gasteiger partial charge is 0.373 e. The largest absolute Gasteiger partial charge is 0.460 e. The van der Waals surface area contributed by atoms with Crippen LogP contribution < -0.4 is 0 Å². The summed E-state index contributed by atoms with van der Waals surface area (Å²) in [5.41, 5.74) is 0.378. The SMILES string of the molecule is C=C(C)C(=O)OC[Si](C)(OC)OC.C[SiH3]. The van der Waals surface area contributed by atoms with Gasteiger partial charge < -0.3 is 13.6 Å². The van der Waals surface area contributed by atoms with Crippen LogP contribution in [-0.2, 0) is 18.4 Å². The average Bonchev–Trinajstić information content (AvgIpc) is 2.28. The molecule has 15 heavy (non-hydrogen) atoms. The number of rotatable bonds is 5. The van der Waals surface area contributed by atoms with E-state index >= 15 is 0 Å². The summed E-state index contributed by atoms with van der Waals surface area (Å²) in [6, 6.07) is 0. The molecule has 0 heterocycles. The van der Waals surface area contributed by atoms with Crippen molar-refractivity contribution in [2.24, 2.45) is 0 Å². The first kappa shape index (κ1) is 17.0. The normalized spacial score (nSPS) is 10.2. The van der Waals surface area contributed by atoms with Crippen molar-refractivity contribution in [1.82, 2.24) is 0 Å². The molecule has 4 nitrogen and oxygen atoms in total. The molecule has 6 heteroatoms. The van der Waals surface area contributed by atoms with Gasteiger partial charge in [-0.25, -0.2) is 4.79 Å². The Morgan fingerprint density at radius 2 is 1.73 bits per heavy atom. The van der Waals surface area contributed by atoms with Gasteiger partial charge in [0.2, 0.25) is 0 Å². The quantitative estimate of drug-likeness (QED) is 0.403. The zero-order valence-corrected chi connectivity index (χ0v) is 13.5. The fraction of sp³-hybridized carbons (Fsp3) is 0.667. The van der Waals surface area contributed by atoms with Crippen LogP contribution >= 0.6 is 0 Å². The number of carbonyl (C=O) groups excluding carboxylic acids is 1. The van der Waals surface area contributed by atoms with E-state index in [0.29, 0.717) is 5.57 Å². The van der Waals surface area contributed by atoms with Crippen molar-refractivity contribution in [1.29, 1.82) is 0 Å². The van der Waals surface area contributed by atoms with Gasteiger partial charge in [-0.3, -0.25) is 0 Å². The highest BCUT2D eigenvalue weighted by Crippen LogP contribution is 2.05. The standard InChI is InChI=1S/C8H16O4Si.CH6Si/c1-7(2)8(9)12-6-13(5,10-3)11-4;1-2/h1,6H2,2-5H3;1-2H3. The zero-order chi connectivity index (χ0) is 12.5. The summed E-state index contributed by atoms with van der Waals surface area (Å²) in [6.45, 7) is 9.02. The van der Waals surface area contributed by atoms with Gasteiger partial charge in [-0.15, -0.1) is 0 Å². The van der Waals surface area contributed by atoms with Gasteiger partial charge in [-0.05, 0) is 23.7 Å². The Bertz CT molecular complexity index is 202. The topological polar surface area (TPSA) is 44.8 Å². The first-order valence-corrected chi connectivity index (χ1v) is 9.40. The van der Waals surface area contributed by atoms with Gasteiger partial charge in [0, 0.05) is 19.8 Å². The molecule has 0 amide bonds. The summed E-state index contributed by atoms with van der Waals surface area (Å²) < 4.78 is 15.2. The Kier molecular flexibility index (Phi) is 10.0. The van der Waals surface area contributed by atoms with Gasteiger partial charge in [0.05, 0.1) is 0 Å². The molecule has 0 radical (unpaired) electrons. The Labute approximate surface area is 96.3 Å². The number of esters is 1. The van der Waals surface area contributed by atoms with E-state index in [2.05, 4.69) is 13.1 Å². The first-order valence-electron chi connectivity index (χ1n) is 4.88. The Morgan fingerprint density at radius 1 is 1.33 bits per heavy atom. The van der Waals surface area contributed by atoms with Gasteiger partial charge in [0.1, 0.15) is 6.23 Å². The van der Waals surface area contributed by atoms with Crippen LogP contribution in [0.25, 0.3) is 0 Å². The van der Waals surface area contributed by atoms with Gasteiger partial charge in [-0.2, -0.15) is 0 Å². The highest BCUT2D eigenvalue weighted by Gasteiger charge is 2.31. The summed E-state index contributed by atoms with van der Waals surface area (Å²) in [4.78, 5) is 11.0. The molecule has 0 bridgehead atoms. The Morgan fingerprint density at radius 3 is 2.00 bits per heavy atom. The average molecular weight is 250 g/mol. The number of ether oxygens (including phenoxy) is 1. The number of hydrogen-bond acceptors (Lipinski definition) is 4. The zero-order valence-electron chi connectivity index (χ0n) is 10.5. The minimum atomic E-state index is -2.29. The van der Waals surface area contributed by atoms with Crippen LogP contribution in [0.15, 0.2) is 12.2 Å². The molecule has 0 aromatic heterocycles. The van der Waals surface area contributed by atoms with Gasteiger partial charge in [0.15, 0.2) is 0 Å². The van der Waals surface area contributed by atoms with Gasteiger partial charge in [-0.1, -0.05) is 13.1 Å². The highest BCUT2D eigenvalue weighted by molar-refractivity contribution is 6.66. The van der Waals surface area contributed by atoms with Crippen molar-refractivity contribution in [3.8, 4) is 0 Å². The molecule has 0 aliphatic rings. The van der Waals surface area contributed by atoms with Crippen molar-refractivity contribution in [2.75, 3.05) is 20.4 Å². The second kappa shape index (κ2) is 8.84. The molecule has 0 rings (SSSR count). The molecular formula is C9H22O4Si2. The van der Waals surface area contributed by atoms with Crippen LogP contribution in [0.2, 0.25) is 13.1 Å². The van der Waals surface area contributed by atoms with Crippen molar-refractivity contribution >= 4 is 24.8 Å². The van der Waals surface area contributed by atoms with Crippen LogP contribution in [0.5, 0.6) is 0 Å². The van der Waals surface area contributed by atoms with E-state index in [1.165, 1.54) is 10.2 Å². The van der Waals surface area contributed by atoms with E-state index in [1.54, 1.807) is 21.1 Å². The van der Waals surface area contributed by atoms with Crippen LogP contribution in [0.1, 0.15) is 6.92 Å². The predicted octanol–water partition coefficient (Wildman–Crippen LogP) is 0.410. The molecule has 0 spiro atoms. The van der Waals surface area contributed by atoms with Crippen molar-refractivity contribution in [3.05, 3.63) is 12.2 Å². The third-order valence-electron chi connectivity index (χ3n) is 1.68. The summed E-state index contributed by atoms with van der Waals surface area (Å²) >= 11 is 0. The third-order valence-corrected chi connectivity index (χ3v) is 4.07. The van der Waals surface area contributed by atoms with E-state index < -0.39 is 14.5 Å². The molecule has 0 unspecified atom stereocenters. The van der Waals surface area contributed by atoms with Crippen LogP contribution in [0, 0.1) is 0 Å². The van der Waals surface area contributed by atoms with Gasteiger partial charge >= 0.3 is 14.5 Å². The molecule has 0 N–H and O–H groups in total. The molecule has 0 fully saturated rings. The molecular weight excluding hydrogens is 228 g/mol. The minimum absolute atomic E-state index is 0.186. The van der Waals surface area contributed by atoms with Crippen molar-refractivity contribution in [3.63, 3.8) is 0 Å². The van der Waals surface area contributed by atoms with E-state index in [0.717, 1.165) is 0 Å². The molecule has 0 saturated heterocycles. The number of hydrogen-bond donors (Lipinski definition) is 0. The lowest BCUT2D eigenvalue weighted by atomic mass is 10.4. The maximum atomic E-state index is 11.0. The first-order chi connectivity index (χ1) is 6.95. The molecule has 0 aromatic carbocycles. The fourth-order valence-electron chi connectivity index (χ4n) is 0.521. The van der Waals surface area contributed by atoms with Crippen molar-refractivity contribution in [2.45, 2.75) is 20.0 Å². The Hall–Kier alpha value is -0.436. The minimum Gasteiger partial charge on any atom is -0.460 e. The van der Waals surface area contributed by atoms with E-state index in [1.807, 2.05) is 6.55 Å². The maximum Gasteiger partial charge on any atom is 0.373 e. The van der Waals surface area contributed by atoms with Gasteiger partial charge in [0.25, 0.3) is 0 Å². The third kappa shape index (κ3) is 7.49. The second-order valence-corrected chi connectivity index (χ2v) is 6.27. The number of carbonyl (C=O) groups is 1. The summed E-state index contributed by atoms with van der Waals surface area (Å²) in [5.74, 6) is -0.409. The monoisotopic (exact) mass is 250 g/mol. The van der Waals surface area contributed by atoms with E-state index in [-0.39, 0.29) is 6.23 Å². The Balaban J connectivity index is 0. The summed E-state index contributed by atoms with van der Waals surface area (Å²) in [7, 11) is 2.11. The van der Waals surface area contributed by atoms with E-state index in [9.17, 15) is 4.79 Å². The lowest BCUT2D eigenvalue weighted by molar-refractivity contribution is -0.137. The van der Waals surface area contributed by atoms with Crippen molar-refractivity contribution < 1.29 is 18.4 Å². The highest BCUT2D eigenvalue weighted by atomic mass is 28.4. The van der Waals surface area contributed by atoms with E-state index in [4.69, 9.17) is 13.6 Å². The lowest BCUT2D eigenvalue weighted by Crippen LogP contribution is -2.42. The second-order valence-electron chi connectivity index (χ2n) is 2.90. The summed E-state index contributed by atoms with van der Waals surface area (Å²) in [6.07, 6.45) is 0.186. The van der Waals surface area contributed by atoms with Crippen LogP contribution in [-0.4, -0.2) is 45.2 Å². The molecule has 0 aliphatic heterocycles. The lowest BCUT2D eigenvalue weighted by Gasteiger charge is -2.21. The maximum absolute atomic E-state index is 11.0. The molecule has 0 atom stereocenters. The molecule has 0 aromatic rings.